The van der Waals surface area contributed by atoms with Gasteiger partial charge < -0.3 is 15.4 Å². The van der Waals surface area contributed by atoms with Gasteiger partial charge in [0.05, 0.1) is 13.0 Å². The molecule has 110 valence electrons. The van der Waals surface area contributed by atoms with Crippen LogP contribution in [0.15, 0.2) is 30.3 Å². The predicted octanol–water partition coefficient (Wildman–Crippen LogP) is 0.477. The van der Waals surface area contributed by atoms with Gasteiger partial charge in [-0.3, -0.25) is 9.69 Å². The van der Waals surface area contributed by atoms with E-state index in [-0.39, 0.29) is 5.91 Å². The molecule has 5 heteroatoms. The fourth-order valence-corrected chi connectivity index (χ4v) is 2.15. The summed E-state index contributed by atoms with van der Waals surface area (Å²) in [7, 11) is 0. The van der Waals surface area contributed by atoms with Crippen molar-refractivity contribution in [3.05, 3.63) is 30.3 Å². The number of hydrogen-bond donors (Lipinski definition) is 2. The normalized spacial score (nSPS) is 15.8. The minimum absolute atomic E-state index is 0.0519. The summed E-state index contributed by atoms with van der Waals surface area (Å²) in [5.41, 5.74) is 0. The van der Waals surface area contributed by atoms with E-state index in [1.807, 2.05) is 30.3 Å². The van der Waals surface area contributed by atoms with E-state index in [0.29, 0.717) is 19.6 Å². The summed E-state index contributed by atoms with van der Waals surface area (Å²) in [6, 6.07) is 9.56. The number of benzene rings is 1. The first-order valence-electron chi connectivity index (χ1n) is 7.22. The van der Waals surface area contributed by atoms with Crippen LogP contribution in [-0.4, -0.2) is 56.7 Å². The number of hydrogen-bond acceptors (Lipinski definition) is 4. The molecule has 0 radical (unpaired) electrons. The van der Waals surface area contributed by atoms with Gasteiger partial charge in [0.15, 0.2) is 0 Å². The topological polar surface area (TPSA) is 53.6 Å². The molecule has 1 aliphatic heterocycles. The zero-order valence-corrected chi connectivity index (χ0v) is 11.8. The number of amides is 1. The van der Waals surface area contributed by atoms with Gasteiger partial charge >= 0.3 is 0 Å². The molecule has 5 nitrogen and oxygen atoms in total. The van der Waals surface area contributed by atoms with Crippen molar-refractivity contribution in [2.75, 3.05) is 45.9 Å². The Kier molecular flexibility index (Phi) is 6.34. The molecular weight excluding hydrogens is 254 g/mol. The summed E-state index contributed by atoms with van der Waals surface area (Å²) in [4.78, 5) is 14.0. The average Bonchev–Trinajstić information content (AvgIpc) is 2.49. The van der Waals surface area contributed by atoms with Crippen molar-refractivity contribution in [2.45, 2.75) is 6.42 Å². The van der Waals surface area contributed by atoms with E-state index < -0.39 is 0 Å². The Labute approximate surface area is 120 Å². The maximum atomic E-state index is 11.7. The second-order valence-corrected chi connectivity index (χ2v) is 4.85. The molecule has 1 saturated heterocycles. The molecule has 0 saturated carbocycles. The third kappa shape index (κ3) is 5.59. The highest BCUT2D eigenvalue weighted by Crippen LogP contribution is 2.08. The number of carbonyl (C=O) groups excluding carboxylic acids is 1. The second-order valence-electron chi connectivity index (χ2n) is 4.85. The quantitative estimate of drug-likeness (QED) is 0.761. The van der Waals surface area contributed by atoms with Crippen LogP contribution in [0.3, 0.4) is 0 Å². The zero-order valence-electron chi connectivity index (χ0n) is 11.8. The molecule has 1 heterocycles. The van der Waals surface area contributed by atoms with Crippen molar-refractivity contribution >= 4 is 5.91 Å². The number of para-hydroxylation sites is 1. The number of carbonyl (C=O) groups is 1. The number of piperazine rings is 1. The van der Waals surface area contributed by atoms with E-state index in [0.717, 1.165) is 38.5 Å². The minimum atomic E-state index is 0.0519. The molecule has 0 spiro atoms. The number of nitrogens with zero attached hydrogens (tertiary/aromatic N) is 1. The Morgan fingerprint density at radius 2 is 2.00 bits per heavy atom. The molecule has 1 aromatic carbocycles. The summed E-state index contributed by atoms with van der Waals surface area (Å²) in [6.07, 6.45) is 0.399. The lowest BCUT2D eigenvalue weighted by Crippen LogP contribution is -2.46. The summed E-state index contributed by atoms with van der Waals surface area (Å²) in [5.74, 6) is 0.859. The molecule has 1 amide bonds. The lowest BCUT2D eigenvalue weighted by atomic mass is 10.3. The first-order valence-corrected chi connectivity index (χ1v) is 7.22. The van der Waals surface area contributed by atoms with Gasteiger partial charge in [0.2, 0.25) is 5.91 Å². The minimum Gasteiger partial charge on any atom is -0.493 e. The summed E-state index contributed by atoms with van der Waals surface area (Å²) < 4.78 is 5.49. The van der Waals surface area contributed by atoms with Gasteiger partial charge in [0.1, 0.15) is 5.75 Å². The van der Waals surface area contributed by atoms with Crippen molar-refractivity contribution in [3.8, 4) is 5.75 Å². The molecule has 1 aromatic rings. The van der Waals surface area contributed by atoms with Crippen LogP contribution in [0.2, 0.25) is 0 Å². The standard InChI is InChI=1S/C15H23N3O2/c19-15(6-13-20-14-4-2-1-3-5-14)17-9-12-18-10-7-16-8-11-18/h1-5,16H,6-13H2,(H,17,19). The van der Waals surface area contributed by atoms with Crippen LogP contribution in [0.1, 0.15) is 6.42 Å². The van der Waals surface area contributed by atoms with E-state index in [9.17, 15) is 4.79 Å². The Bertz CT molecular complexity index is 391. The highest BCUT2D eigenvalue weighted by Gasteiger charge is 2.09. The molecule has 20 heavy (non-hydrogen) atoms. The second kappa shape index (κ2) is 8.55. The lowest BCUT2D eigenvalue weighted by Gasteiger charge is -2.27. The van der Waals surface area contributed by atoms with Crippen LogP contribution >= 0.6 is 0 Å². The van der Waals surface area contributed by atoms with Crippen LogP contribution in [0.25, 0.3) is 0 Å². The van der Waals surface area contributed by atoms with Crippen LogP contribution in [-0.2, 0) is 4.79 Å². The molecule has 0 atom stereocenters. The fourth-order valence-electron chi connectivity index (χ4n) is 2.15. The van der Waals surface area contributed by atoms with Gasteiger partial charge in [-0.1, -0.05) is 18.2 Å². The highest BCUT2D eigenvalue weighted by atomic mass is 16.5. The summed E-state index contributed by atoms with van der Waals surface area (Å²) >= 11 is 0. The SMILES string of the molecule is O=C(CCOc1ccccc1)NCCN1CCNCC1. The largest absolute Gasteiger partial charge is 0.493 e. The molecule has 1 aliphatic rings. The summed E-state index contributed by atoms with van der Waals surface area (Å²) in [5, 5.41) is 6.25. The van der Waals surface area contributed by atoms with Crippen molar-refractivity contribution in [1.29, 1.82) is 0 Å². The summed E-state index contributed by atoms with van der Waals surface area (Å²) in [6.45, 7) is 6.26. The van der Waals surface area contributed by atoms with E-state index in [4.69, 9.17) is 4.74 Å². The predicted molar refractivity (Wildman–Crippen MR) is 78.9 cm³/mol. The fraction of sp³-hybridized carbons (Fsp3) is 0.533. The van der Waals surface area contributed by atoms with Gasteiger partial charge in [-0.25, -0.2) is 0 Å². The van der Waals surface area contributed by atoms with Crippen molar-refractivity contribution in [3.63, 3.8) is 0 Å². The average molecular weight is 277 g/mol. The maximum Gasteiger partial charge on any atom is 0.223 e. The third-order valence-electron chi connectivity index (χ3n) is 3.30. The van der Waals surface area contributed by atoms with E-state index in [1.165, 1.54) is 0 Å². The van der Waals surface area contributed by atoms with E-state index in [2.05, 4.69) is 15.5 Å². The van der Waals surface area contributed by atoms with Crippen molar-refractivity contribution in [2.24, 2.45) is 0 Å². The highest BCUT2D eigenvalue weighted by molar-refractivity contribution is 5.75. The van der Waals surface area contributed by atoms with Gasteiger partial charge in [0, 0.05) is 39.3 Å². The third-order valence-corrected chi connectivity index (χ3v) is 3.30. The Hall–Kier alpha value is -1.59. The molecule has 0 unspecified atom stereocenters. The molecule has 0 aliphatic carbocycles. The first kappa shape index (κ1) is 14.8. The molecule has 0 aromatic heterocycles. The van der Waals surface area contributed by atoms with Gasteiger partial charge in [-0.2, -0.15) is 0 Å². The number of rotatable bonds is 7. The van der Waals surface area contributed by atoms with Crippen LogP contribution in [0.4, 0.5) is 0 Å². The molecular formula is C15H23N3O2. The van der Waals surface area contributed by atoms with E-state index >= 15 is 0 Å². The lowest BCUT2D eigenvalue weighted by molar-refractivity contribution is -0.121. The molecule has 1 fully saturated rings. The van der Waals surface area contributed by atoms with Crippen molar-refractivity contribution in [1.82, 2.24) is 15.5 Å². The van der Waals surface area contributed by atoms with Gasteiger partial charge in [0.25, 0.3) is 0 Å². The Balaban J connectivity index is 1.52. The smallest absolute Gasteiger partial charge is 0.223 e. The van der Waals surface area contributed by atoms with Gasteiger partial charge in [-0.05, 0) is 12.1 Å². The zero-order chi connectivity index (χ0) is 14.0. The van der Waals surface area contributed by atoms with Crippen LogP contribution in [0.5, 0.6) is 5.75 Å². The van der Waals surface area contributed by atoms with Crippen molar-refractivity contribution < 1.29 is 9.53 Å². The van der Waals surface area contributed by atoms with E-state index in [1.54, 1.807) is 0 Å². The van der Waals surface area contributed by atoms with Crippen LogP contribution < -0.4 is 15.4 Å². The van der Waals surface area contributed by atoms with Crippen LogP contribution in [0, 0.1) is 0 Å². The maximum absolute atomic E-state index is 11.7. The number of ether oxygens (including phenoxy) is 1. The van der Waals surface area contributed by atoms with Gasteiger partial charge in [-0.15, -0.1) is 0 Å². The first-order chi connectivity index (χ1) is 9.84. The monoisotopic (exact) mass is 277 g/mol. The molecule has 2 N–H and O–H groups in total. The Morgan fingerprint density at radius 1 is 1.25 bits per heavy atom. The number of nitrogens with one attached hydrogen (secondary N) is 2. The molecule has 2 rings (SSSR count). The Morgan fingerprint density at radius 3 is 2.75 bits per heavy atom. The molecule has 0 bridgehead atoms.